The molecule has 1 aliphatic rings. The highest BCUT2D eigenvalue weighted by Gasteiger charge is 2.21. The zero-order valence-corrected chi connectivity index (χ0v) is 12.1. The molecule has 94 valence electrons. The maximum absolute atomic E-state index is 5.28. The molecule has 0 aromatic heterocycles. The minimum absolute atomic E-state index is 0.600. The fourth-order valence-corrected chi connectivity index (χ4v) is 2.98. The molecule has 0 amide bonds. The molecule has 1 aromatic carbocycles. The summed E-state index contributed by atoms with van der Waals surface area (Å²) in [5, 5.41) is 3.64. The number of ether oxygens (including phenoxy) is 1. The average Bonchev–Trinajstić information content (AvgIpc) is 2.31. The smallest absolute Gasteiger partial charge is 0.122 e. The molecule has 1 saturated carbocycles. The Hall–Kier alpha value is -0.700. The van der Waals surface area contributed by atoms with Gasteiger partial charge in [-0.05, 0) is 30.9 Å². The zero-order valence-electron chi connectivity index (χ0n) is 10.5. The quantitative estimate of drug-likeness (QED) is 0.890. The number of methoxy groups -OCH3 is 1. The summed E-state index contributed by atoms with van der Waals surface area (Å²) in [6.07, 6.45) is 5.33. The SMILES string of the molecule is COc1cc(Br)cc(NC2CCCCC2C)c1. The fraction of sp³-hybridized carbons (Fsp3) is 0.571. The zero-order chi connectivity index (χ0) is 12.3. The van der Waals surface area contributed by atoms with Crippen molar-refractivity contribution in [2.24, 2.45) is 5.92 Å². The van der Waals surface area contributed by atoms with Crippen molar-refractivity contribution in [2.75, 3.05) is 12.4 Å². The molecule has 1 aliphatic carbocycles. The van der Waals surface area contributed by atoms with Crippen molar-refractivity contribution in [1.29, 1.82) is 0 Å². The number of hydrogen-bond acceptors (Lipinski definition) is 2. The van der Waals surface area contributed by atoms with Crippen molar-refractivity contribution in [3.63, 3.8) is 0 Å². The second-order valence-electron chi connectivity index (χ2n) is 4.89. The first-order valence-electron chi connectivity index (χ1n) is 6.30. The predicted octanol–water partition coefficient (Wildman–Crippen LogP) is 4.45. The monoisotopic (exact) mass is 297 g/mol. The van der Waals surface area contributed by atoms with Gasteiger partial charge in [0.25, 0.3) is 0 Å². The molecule has 2 atom stereocenters. The van der Waals surface area contributed by atoms with Crippen LogP contribution in [0.15, 0.2) is 22.7 Å². The van der Waals surface area contributed by atoms with Crippen molar-refractivity contribution < 1.29 is 4.74 Å². The van der Waals surface area contributed by atoms with E-state index in [0.29, 0.717) is 6.04 Å². The van der Waals surface area contributed by atoms with E-state index < -0.39 is 0 Å². The summed E-state index contributed by atoms with van der Waals surface area (Å²) in [4.78, 5) is 0. The van der Waals surface area contributed by atoms with E-state index in [2.05, 4.69) is 40.3 Å². The Balaban J connectivity index is 2.09. The van der Waals surface area contributed by atoms with Gasteiger partial charge in [0.05, 0.1) is 7.11 Å². The van der Waals surface area contributed by atoms with Crippen LogP contribution >= 0.6 is 15.9 Å². The van der Waals surface area contributed by atoms with Gasteiger partial charge in [-0.3, -0.25) is 0 Å². The maximum Gasteiger partial charge on any atom is 0.122 e. The van der Waals surface area contributed by atoms with Gasteiger partial charge >= 0.3 is 0 Å². The lowest BCUT2D eigenvalue weighted by atomic mass is 9.86. The Bertz CT molecular complexity index is 380. The molecule has 0 saturated heterocycles. The van der Waals surface area contributed by atoms with Crippen molar-refractivity contribution in [1.82, 2.24) is 0 Å². The summed E-state index contributed by atoms with van der Waals surface area (Å²) < 4.78 is 6.34. The Morgan fingerprint density at radius 2 is 2.00 bits per heavy atom. The van der Waals surface area contributed by atoms with E-state index in [1.54, 1.807) is 7.11 Å². The number of hydrogen-bond donors (Lipinski definition) is 1. The highest BCUT2D eigenvalue weighted by molar-refractivity contribution is 9.10. The molecular weight excluding hydrogens is 278 g/mol. The maximum atomic E-state index is 5.28. The average molecular weight is 298 g/mol. The van der Waals surface area contributed by atoms with Crippen LogP contribution in [0.3, 0.4) is 0 Å². The Morgan fingerprint density at radius 1 is 1.24 bits per heavy atom. The highest BCUT2D eigenvalue weighted by Crippen LogP contribution is 2.30. The van der Waals surface area contributed by atoms with Crippen LogP contribution in [0, 0.1) is 5.92 Å². The van der Waals surface area contributed by atoms with Crippen molar-refractivity contribution in [2.45, 2.75) is 38.6 Å². The van der Waals surface area contributed by atoms with Gasteiger partial charge in [0, 0.05) is 22.3 Å². The fourth-order valence-electron chi connectivity index (χ4n) is 2.51. The molecular formula is C14H20BrNO. The normalized spacial score (nSPS) is 24.4. The summed E-state index contributed by atoms with van der Waals surface area (Å²) in [6.45, 7) is 2.34. The number of benzene rings is 1. The summed E-state index contributed by atoms with van der Waals surface area (Å²) in [7, 11) is 1.70. The molecule has 0 aliphatic heterocycles. The lowest BCUT2D eigenvalue weighted by Crippen LogP contribution is -2.30. The molecule has 2 nitrogen and oxygen atoms in total. The van der Waals surface area contributed by atoms with Crippen LogP contribution in [0.25, 0.3) is 0 Å². The van der Waals surface area contributed by atoms with Gasteiger partial charge in [-0.1, -0.05) is 35.7 Å². The van der Waals surface area contributed by atoms with Gasteiger partial charge < -0.3 is 10.1 Å². The van der Waals surface area contributed by atoms with Gasteiger partial charge in [0.2, 0.25) is 0 Å². The third-order valence-electron chi connectivity index (χ3n) is 3.57. The minimum Gasteiger partial charge on any atom is -0.497 e. The van der Waals surface area contributed by atoms with Crippen LogP contribution in [0.1, 0.15) is 32.6 Å². The summed E-state index contributed by atoms with van der Waals surface area (Å²) in [6, 6.07) is 6.76. The van der Waals surface area contributed by atoms with Gasteiger partial charge in [0.15, 0.2) is 0 Å². The molecule has 0 heterocycles. The van der Waals surface area contributed by atoms with Gasteiger partial charge in [-0.2, -0.15) is 0 Å². The summed E-state index contributed by atoms with van der Waals surface area (Å²) in [5.74, 6) is 1.65. The van der Waals surface area contributed by atoms with E-state index in [-0.39, 0.29) is 0 Å². The third kappa shape index (κ3) is 3.38. The van der Waals surface area contributed by atoms with Gasteiger partial charge in [-0.15, -0.1) is 0 Å². The predicted molar refractivity (Wildman–Crippen MR) is 75.7 cm³/mol. The lowest BCUT2D eigenvalue weighted by molar-refractivity contribution is 0.349. The van der Waals surface area contributed by atoms with Crippen LogP contribution in [0.4, 0.5) is 5.69 Å². The van der Waals surface area contributed by atoms with Crippen LogP contribution in [-0.4, -0.2) is 13.2 Å². The number of halogens is 1. The molecule has 1 aromatic rings. The Labute approximate surface area is 112 Å². The van der Waals surface area contributed by atoms with Crippen LogP contribution in [0.5, 0.6) is 5.75 Å². The Morgan fingerprint density at radius 3 is 2.71 bits per heavy atom. The van der Waals surface area contributed by atoms with Crippen LogP contribution in [0.2, 0.25) is 0 Å². The molecule has 0 radical (unpaired) electrons. The molecule has 0 spiro atoms. The number of rotatable bonds is 3. The van der Waals surface area contributed by atoms with Crippen LogP contribution in [-0.2, 0) is 0 Å². The molecule has 2 rings (SSSR count). The second kappa shape index (κ2) is 5.76. The van der Waals surface area contributed by atoms with E-state index >= 15 is 0 Å². The first kappa shape index (κ1) is 12.7. The lowest BCUT2D eigenvalue weighted by Gasteiger charge is -2.30. The second-order valence-corrected chi connectivity index (χ2v) is 5.81. The molecule has 1 fully saturated rings. The van der Waals surface area contributed by atoms with E-state index in [9.17, 15) is 0 Å². The summed E-state index contributed by atoms with van der Waals surface area (Å²) >= 11 is 3.51. The number of nitrogens with one attached hydrogen (secondary N) is 1. The molecule has 2 unspecified atom stereocenters. The van der Waals surface area contributed by atoms with Crippen molar-refractivity contribution in [3.8, 4) is 5.75 Å². The highest BCUT2D eigenvalue weighted by atomic mass is 79.9. The van der Waals surface area contributed by atoms with Crippen molar-refractivity contribution >= 4 is 21.6 Å². The minimum atomic E-state index is 0.600. The topological polar surface area (TPSA) is 21.3 Å². The van der Waals surface area contributed by atoms with E-state index in [4.69, 9.17) is 4.74 Å². The third-order valence-corrected chi connectivity index (χ3v) is 4.03. The van der Waals surface area contributed by atoms with E-state index in [1.807, 2.05) is 6.07 Å². The summed E-state index contributed by atoms with van der Waals surface area (Å²) in [5.41, 5.74) is 1.15. The molecule has 1 N–H and O–H groups in total. The Kier molecular flexibility index (Phi) is 4.32. The largest absolute Gasteiger partial charge is 0.497 e. The molecule has 0 bridgehead atoms. The van der Waals surface area contributed by atoms with E-state index in [0.717, 1.165) is 21.8 Å². The van der Waals surface area contributed by atoms with Crippen LogP contribution < -0.4 is 10.1 Å². The first-order valence-corrected chi connectivity index (χ1v) is 7.09. The first-order chi connectivity index (χ1) is 8.19. The van der Waals surface area contributed by atoms with Crippen molar-refractivity contribution in [3.05, 3.63) is 22.7 Å². The standard InChI is InChI=1S/C14H20BrNO/c1-10-5-3-4-6-14(10)16-12-7-11(15)8-13(9-12)17-2/h7-10,14,16H,3-6H2,1-2H3. The molecule has 3 heteroatoms. The number of anilines is 1. The molecule has 17 heavy (non-hydrogen) atoms. The van der Waals surface area contributed by atoms with E-state index in [1.165, 1.54) is 25.7 Å². The van der Waals surface area contributed by atoms with Gasteiger partial charge in [-0.25, -0.2) is 0 Å². The van der Waals surface area contributed by atoms with Gasteiger partial charge in [0.1, 0.15) is 5.75 Å².